The molecule has 5 nitrogen and oxygen atoms in total. The first-order valence-electron chi connectivity index (χ1n) is 11.5. The van der Waals surface area contributed by atoms with Crippen LogP contribution in [0.25, 0.3) is 0 Å². The molecule has 2 aromatic carbocycles. The van der Waals surface area contributed by atoms with Crippen LogP contribution in [0.3, 0.4) is 0 Å². The summed E-state index contributed by atoms with van der Waals surface area (Å²) in [4.78, 5) is 40.5. The molecule has 0 heterocycles. The van der Waals surface area contributed by atoms with Crippen molar-refractivity contribution in [2.24, 2.45) is 11.3 Å². The minimum atomic E-state index is -1.53. The number of ketones is 1. The molecule has 0 unspecified atom stereocenters. The van der Waals surface area contributed by atoms with Crippen molar-refractivity contribution >= 4 is 17.7 Å². The van der Waals surface area contributed by atoms with Crippen molar-refractivity contribution in [2.45, 2.75) is 44.4 Å². The molecule has 2 aliphatic carbocycles. The van der Waals surface area contributed by atoms with E-state index in [1.54, 1.807) is 0 Å². The average Bonchev–Trinajstić information content (AvgIpc) is 3.33. The number of benzene rings is 2. The van der Waals surface area contributed by atoms with E-state index in [9.17, 15) is 14.4 Å². The maximum Gasteiger partial charge on any atom is 0.324 e. The van der Waals surface area contributed by atoms with Gasteiger partial charge < -0.3 is 9.47 Å². The van der Waals surface area contributed by atoms with Crippen LogP contribution in [0.4, 0.5) is 0 Å². The maximum absolute atomic E-state index is 13.8. The molecule has 1 saturated carbocycles. The van der Waals surface area contributed by atoms with Crippen LogP contribution in [0.15, 0.2) is 71.8 Å². The highest BCUT2D eigenvalue weighted by Crippen LogP contribution is 2.64. The number of Topliss-reactive ketones (excluding diaryl/α,β-unsaturated/α-hetero) is 1. The van der Waals surface area contributed by atoms with Gasteiger partial charge in [0.25, 0.3) is 0 Å². The second-order valence-corrected chi connectivity index (χ2v) is 8.91. The molecular weight excluding hydrogens is 416 g/mol. The summed E-state index contributed by atoms with van der Waals surface area (Å²) in [6, 6.07) is 19.2. The Morgan fingerprint density at radius 2 is 1.45 bits per heavy atom. The maximum atomic E-state index is 13.8. The van der Waals surface area contributed by atoms with Gasteiger partial charge >= 0.3 is 11.9 Å². The summed E-state index contributed by atoms with van der Waals surface area (Å²) in [5, 5.41) is 0. The van der Waals surface area contributed by atoms with Gasteiger partial charge in [-0.2, -0.15) is 0 Å². The highest BCUT2D eigenvalue weighted by atomic mass is 16.5. The molecule has 0 N–H and O–H groups in total. The van der Waals surface area contributed by atoms with Crippen molar-refractivity contribution in [2.75, 3.05) is 14.2 Å². The van der Waals surface area contributed by atoms with Gasteiger partial charge in [0.1, 0.15) is 0 Å². The molecule has 0 radical (unpaired) electrons. The molecule has 2 aliphatic rings. The van der Waals surface area contributed by atoms with Crippen LogP contribution >= 0.6 is 0 Å². The molecule has 0 aliphatic heterocycles. The van der Waals surface area contributed by atoms with Crippen LogP contribution in [0.2, 0.25) is 0 Å². The van der Waals surface area contributed by atoms with Crippen molar-refractivity contribution in [1.82, 2.24) is 0 Å². The van der Waals surface area contributed by atoms with E-state index in [4.69, 9.17) is 9.47 Å². The lowest BCUT2D eigenvalue weighted by molar-refractivity contribution is -0.170. The summed E-state index contributed by atoms with van der Waals surface area (Å²) in [6.45, 7) is 2.09. The second kappa shape index (κ2) is 9.34. The lowest BCUT2D eigenvalue weighted by atomic mass is 9.67. The number of hydrogen-bond acceptors (Lipinski definition) is 5. The summed E-state index contributed by atoms with van der Waals surface area (Å²) in [5.41, 5.74) is 1.88. The van der Waals surface area contributed by atoms with Crippen LogP contribution in [0.5, 0.6) is 0 Å². The van der Waals surface area contributed by atoms with Gasteiger partial charge in [-0.3, -0.25) is 14.4 Å². The average molecular weight is 447 g/mol. The highest BCUT2D eigenvalue weighted by molar-refractivity contribution is 6.08. The van der Waals surface area contributed by atoms with Crippen molar-refractivity contribution in [3.63, 3.8) is 0 Å². The zero-order valence-corrected chi connectivity index (χ0v) is 19.4. The molecule has 4 rings (SSSR count). The SMILES string of the molecule is CCCCC1=C2CC(C(=O)OC)(C(=O)OC)[C@@H](c3ccccc3)[C@H]2[C@H](c2ccccc2)C1=O. The number of hydrogen-bond donors (Lipinski definition) is 0. The Hall–Kier alpha value is -3.21. The molecule has 5 heteroatoms. The first-order valence-corrected chi connectivity index (χ1v) is 11.5. The molecular formula is C28H30O5. The summed E-state index contributed by atoms with van der Waals surface area (Å²) in [6.07, 6.45) is 2.61. The fraction of sp³-hybridized carbons (Fsp3) is 0.393. The van der Waals surface area contributed by atoms with Gasteiger partial charge in [0, 0.05) is 11.8 Å². The Bertz CT molecular complexity index is 1050. The normalized spacial score (nSPS) is 23.4. The standard InChI is InChI=1S/C28H30O5/c1-4-5-16-20-21-17-28(26(30)32-2,27(31)33-3)24(19-14-10-7-11-15-19)23(21)22(25(20)29)18-12-8-6-9-13-18/h6-15,22-24H,4-5,16-17H2,1-3H3/t22-,23+,24-/m0/s1. The third-order valence-electron chi connectivity index (χ3n) is 7.29. The van der Waals surface area contributed by atoms with Crippen molar-refractivity contribution < 1.29 is 23.9 Å². The number of unbranched alkanes of at least 4 members (excludes halogenated alkanes) is 1. The molecule has 172 valence electrons. The van der Waals surface area contributed by atoms with E-state index >= 15 is 0 Å². The number of esters is 2. The van der Waals surface area contributed by atoms with Crippen LogP contribution in [-0.2, 0) is 23.9 Å². The number of carbonyl (C=O) groups is 3. The molecule has 0 bridgehead atoms. The smallest absolute Gasteiger partial charge is 0.324 e. The lowest BCUT2D eigenvalue weighted by Gasteiger charge is -2.34. The first kappa shape index (κ1) is 23.0. The number of carbonyl (C=O) groups excluding carboxylic acids is 3. The van der Waals surface area contributed by atoms with Gasteiger partial charge in [0.15, 0.2) is 11.2 Å². The van der Waals surface area contributed by atoms with Gasteiger partial charge in [-0.15, -0.1) is 0 Å². The predicted molar refractivity (Wildman–Crippen MR) is 124 cm³/mol. The van der Waals surface area contributed by atoms with E-state index < -0.39 is 29.2 Å². The molecule has 33 heavy (non-hydrogen) atoms. The fourth-order valence-corrected chi connectivity index (χ4v) is 5.90. The summed E-state index contributed by atoms with van der Waals surface area (Å²) >= 11 is 0. The third kappa shape index (κ3) is 3.60. The predicted octanol–water partition coefficient (Wildman–Crippen LogP) is 4.98. The van der Waals surface area contributed by atoms with E-state index in [0.717, 1.165) is 35.1 Å². The van der Waals surface area contributed by atoms with Crippen LogP contribution in [0.1, 0.15) is 55.6 Å². The monoisotopic (exact) mass is 446 g/mol. The quantitative estimate of drug-likeness (QED) is 0.443. The molecule has 0 amide bonds. The minimum absolute atomic E-state index is 0.110. The summed E-state index contributed by atoms with van der Waals surface area (Å²) < 4.78 is 10.4. The molecule has 3 atom stereocenters. The van der Waals surface area contributed by atoms with E-state index in [0.29, 0.717) is 6.42 Å². The lowest BCUT2D eigenvalue weighted by Crippen LogP contribution is -2.45. The van der Waals surface area contributed by atoms with Gasteiger partial charge in [0.05, 0.1) is 20.1 Å². The van der Waals surface area contributed by atoms with Crippen LogP contribution in [-0.4, -0.2) is 31.9 Å². The Labute approximate surface area is 194 Å². The second-order valence-electron chi connectivity index (χ2n) is 8.91. The molecule has 0 spiro atoms. The highest BCUT2D eigenvalue weighted by Gasteiger charge is 2.67. The van der Waals surface area contributed by atoms with Gasteiger partial charge in [-0.05, 0) is 36.0 Å². The van der Waals surface area contributed by atoms with E-state index in [2.05, 4.69) is 6.92 Å². The van der Waals surface area contributed by atoms with E-state index in [1.165, 1.54) is 14.2 Å². The molecule has 1 fully saturated rings. The zero-order chi connectivity index (χ0) is 23.6. The van der Waals surface area contributed by atoms with E-state index in [1.807, 2.05) is 60.7 Å². The number of allylic oxidation sites excluding steroid dienone is 2. The van der Waals surface area contributed by atoms with Crippen molar-refractivity contribution in [1.29, 1.82) is 0 Å². The van der Waals surface area contributed by atoms with Gasteiger partial charge in [0.2, 0.25) is 0 Å². The number of ether oxygens (including phenoxy) is 2. The molecule has 0 saturated heterocycles. The Morgan fingerprint density at radius 3 is 1.97 bits per heavy atom. The Balaban J connectivity index is 1.99. The molecule has 2 aromatic rings. The Kier molecular flexibility index (Phi) is 6.50. The third-order valence-corrected chi connectivity index (χ3v) is 7.29. The van der Waals surface area contributed by atoms with Crippen molar-refractivity contribution in [3.05, 3.63) is 82.9 Å². The zero-order valence-electron chi connectivity index (χ0n) is 19.4. The van der Waals surface area contributed by atoms with Crippen LogP contribution < -0.4 is 0 Å². The van der Waals surface area contributed by atoms with Crippen LogP contribution in [0, 0.1) is 11.3 Å². The summed E-state index contributed by atoms with van der Waals surface area (Å²) in [7, 11) is 2.60. The Morgan fingerprint density at radius 1 is 0.909 bits per heavy atom. The number of rotatable bonds is 7. The minimum Gasteiger partial charge on any atom is -0.468 e. The molecule has 0 aromatic heterocycles. The number of methoxy groups -OCH3 is 2. The summed E-state index contributed by atoms with van der Waals surface area (Å²) in [5.74, 6) is -2.44. The fourth-order valence-electron chi connectivity index (χ4n) is 5.90. The van der Waals surface area contributed by atoms with Gasteiger partial charge in [-0.1, -0.05) is 79.6 Å². The largest absolute Gasteiger partial charge is 0.468 e. The van der Waals surface area contributed by atoms with E-state index in [-0.39, 0.29) is 18.1 Å². The van der Waals surface area contributed by atoms with Crippen molar-refractivity contribution in [3.8, 4) is 0 Å². The topological polar surface area (TPSA) is 69.7 Å². The number of fused-ring (bicyclic) bond motifs is 1. The first-order chi connectivity index (χ1) is 16.0. The van der Waals surface area contributed by atoms with Gasteiger partial charge in [-0.25, -0.2) is 0 Å².